The highest BCUT2D eigenvalue weighted by Crippen LogP contribution is 2.25. The van der Waals surface area contributed by atoms with E-state index < -0.39 is 0 Å². The van der Waals surface area contributed by atoms with E-state index in [2.05, 4.69) is 23.3 Å². The molecule has 2 aromatic carbocycles. The summed E-state index contributed by atoms with van der Waals surface area (Å²) in [5, 5.41) is 3.08. The third kappa shape index (κ3) is 4.44. The highest BCUT2D eigenvalue weighted by atomic mass is 16.1. The molecule has 138 valence electrons. The number of aryl methyl sites for hydroxylation is 1. The van der Waals surface area contributed by atoms with Crippen molar-refractivity contribution in [1.82, 2.24) is 4.90 Å². The van der Waals surface area contributed by atoms with Crippen LogP contribution in [-0.4, -0.2) is 23.9 Å². The average molecular weight is 351 g/mol. The highest BCUT2D eigenvalue weighted by molar-refractivity contribution is 6.06. The van der Waals surface area contributed by atoms with Crippen molar-refractivity contribution in [3.05, 3.63) is 59.2 Å². The van der Waals surface area contributed by atoms with Crippen LogP contribution in [0.15, 0.2) is 42.5 Å². The molecule has 0 bridgehead atoms. The van der Waals surface area contributed by atoms with E-state index in [1.54, 1.807) is 6.07 Å². The number of benzene rings is 2. The molecule has 4 heteroatoms. The minimum atomic E-state index is -0.109. The van der Waals surface area contributed by atoms with Gasteiger partial charge in [-0.3, -0.25) is 9.69 Å². The number of nitrogen functional groups attached to an aromatic ring is 1. The number of hydrogen-bond donors (Lipinski definition) is 2. The highest BCUT2D eigenvalue weighted by Gasteiger charge is 2.19. The lowest BCUT2D eigenvalue weighted by molar-refractivity contribution is 0.102. The molecule has 1 aliphatic carbocycles. The van der Waals surface area contributed by atoms with Crippen LogP contribution >= 0.6 is 0 Å². The van der Waals surface area contributed by atoms with Crippen molar-refractivity contribution >= 4 is 17.3 Å². The number of hydrogen-bond acceptors (Lipinski definition) is 3. The fourth-order valence-electron chi connectivity index (χ4n) is 3.77. The molecule has 2 aromatic rings. The quantitative estimate of drug-likeness (QED) is 0.774. The van der Waals surface area contributed by atoms with Crippen LogP contribution in [0.2, 0.25) is 0 Å². The molecule has 0 saturated heterocycles. The van der Waals surface area contributed by atoms with E-state index in [1.807, 2.05) is 37.3 Å². The Morgan fingerprint density at radius 2 is 1.88 bits per heavy atom. The first kappa shape index (κ1) is 18.5. The number of carbonyl (C=O) groups excluding carboxylic acids is 1. The van der Waals surface area contributed by atoms with Crippen molar-refractivity contribution in [2.24, 2.45) is 0 Å². The van der Waals surface area contributed by atoms with Crippen molar-refractivity contribution in [2.45, 2.75) is 51.6 Å². The summed E-state index contributed by atoms with van der Waals surface area (Å²) in [5.41, 5.74) is 10.0. The Bertz CT molecular complexity index is 766. The van der Waals surface area contributed by atoms with Crippen LogP contribution in [0.1, 0.15) is 53.6 Å². The molecule has 1 fully saturated rings. The number of nitrogens with zero attached hydrogens (tertiary/aromatic N) is 1. The van der Waals surface area contributed by atoms with Crippen molar-refractivity contribution in [2.75, 3.05) is 18.1 Å². The van der Waals surface area contributed by atoms with Gasteiger partial charge < -0.3 is 11.1 Å². The van der Waals surface area contributed by atoms with Gasteiger partial charge in [0.1, 0.15) is 0 Å². The van der Waals surface area contributed by atoms with Crippen LogP contribution in [0.25, 0.3) is 0 Å². The molecular formula is C22H29N3O. The van der Waals surface area contributed by atoms with Crippen LogP contribution in [0, 0.1) is 6.92 Å². The van der Waals surface area contributed by atoms with Crippen LogP contribution in [0.3, 0.4) is 0 Å². The number of nitrogens with two attached hydrogens (primary N) is 1. The Kier molecular flexibility index (Phi) is 5.94. The molecule has 3 rings (SSSR count). The number of para-hydroxylation sites is 1. The second-order valence-corrected chi connectivity index (χ2v) is 7.39. The lowest BCUT2D eigenvalue weighted by Crippen LogP contribution is -2.33. The molecule has 1 saturated carbocycles. The van der Waals surface area contributed by atoms with Gasteiger partial charge in [0.15, 0.2) is 0 Å². The molecule has 0 unspecified atom stereocenters. The third-order valence-electron chi connectivity index (χ3n) is 5.39. The Balaban J connectivity index is 1.74. The van der Waals surface area contributed by atoms with Crippen molar-refractivity contribution in [1.29, 1.82) is 0 Å². The monoisotopic (exact) mass is 351 g/mol. The minimum Gasteiger partial charge on any atom is -0.399 e. The first-order chi connectivity index (χ1) is 12.5. The van der Waals surface area contributed by atoms with E-state index in [-0.39, 0.29) is 5.91 Å². The van der Waals surface area contributed by atoms with Crippen LogP contribution < -0.4 is 11.1 Å². The van der Waals surface area contributed by atoms with Crippen LogP contribution in [0.4, 0.5) is 11.4 Å². The van der Waals surface area contributed by atoms with Gasteiger partial charge in [0.25, 0.3) is 5.91 Å². The van der Waals surface area contributed by atoms with Crippen LogP contribution in [0.5, 0.6) is 0 Å². The van der Waals surface area contributed by atoms with Gasteiger partial charge in [-0.2, -0.15) is 0 Å². The van der Waals surface area contributed by atoms with Gasteiger partial charge in [0, 0.05) is 29.5 Å². The van der Waals surface area contributed by atoms with Gasteiger partial charge in [0.2, 0.25) is 0 Å². The summed E-state index contributed by atoms with van der Waals surface area (Å²) in [6.07, 6.45) is 6.54. The number of carbonyl (C=O) groups is 1. The summed E-state index contributed by atoms with van der Waals surface area (Å²) in [6, 6.07) is 14.2. The maximum atomic E-state index is 12.7. The van der Waals surface area contributed by atoms with E-state index >= 15 is 0 Å². The van der Waals surface area contributed by atoms with E-state index in [0.29, 0.717) is 17.3 Å². The molecule has 0 aromatic heterocycles. The summed E-state index contributed by atoms with van der Waals surface area (Å²) in [6.45, 7) is 2.77. The van der Waals surface area contributed by atoms with Gasteiger partial charge in [-0.05, 0) is 56.1 Å². The minimum absolute atomic E-state index is 0.109. The smallest absolute Gasteiger partial charge is 0.256 e. The molecule has 0 aliphatic heterocycles. The summed E-state index contributed by atoms with van der Waals surface area (Å²) >= 11 is 0. The fourth-order valence-corrected chi connectivity index (χ4v) is 3.77. The van der Waals surface area contributed by atoms with Gasteiger partial charge in [-0.15, -0.1) is 0 Å². The van der Waals surface area contributed by atoms with E-state index in [4.69, 9.17) is 5.73 Å². The average Bonchev–Trinajstić information content (AvgIpc) is 2.66. The second-order valence-electron chi connectivity index (χ2n) is 7.39. The predicted octanol–water partition coefficient (Wildman–Crippen LogP) is 4.59. The Hall–Kier alpha value is -2.33. The number of nitrogens with one attached hydrogen (secondary N) is 1. The van der Waals surface area contributed by atoms with Gasteiger partial charge >= 0.3 is 0 Å². The first-order valence-corrected chi connectivity index (χ1v) is 9.50. The normalized spacial score (nSPS) is 15.2. The van der Waals surface area contributed by atoms with E-state index in [9.17, 15) is 4.79 Å². The summed E-state index contributed by atoms with van der Waals surface area (Å²) in [7, 11) is 2.19. The molecule has 1 amide bonds. The van der Waals surface area contributed by atoms with E-state index in [1.165, 1.54) is 32.1 Å². The molecular weight excluding hydrogens is 322 g/mol. The summed E-state index contributed by atoms with van der Waals surface area (Å²) < 4.78 is 0. The van der Waals surface area contributed by atoms with Crippen molar-refractivity contribution in [3.63, 3.8) is 0 Å². The Morgan fingerprint density at radius 1 is 1.15 bits per heavy atom. The molecule has 3 N–H and O–H groups in total. The zero-order valence-electron chi connectivity index (χ0n) is 15.8. The number of amides is 1. The topological polar surface area (TPSA) is 58.4 Å². The Morgan fingerprint density at radius 3 is 2.65 bits per heavy atom. The summed E-state index contributed by atoms with van der Waals surface area (Å²) in [5.74, 6) is -0.109. The lowest BCUT2D eigenvalue weighted by atomic mass is 9.94. The van der Waals surface area contributed by atoms with Gasteiger partial charge in [-0.25, -0.2) is 0 Å². The second kappa shape index (κ2) is 8.37. The molecule has 0 heterocycles. The summed E-state index contributed by atoms with van der Waals surface area (Å²) in [4.78, 5) is 15.2. The molecule has 0 spiro atoms. The zero-order valence-corrected chi connectivity index (χ0v) is 15.8. The lowest BCUT2D eigenvalue weighted by Gasteiger charge is -2.31. The fraction of sp³-hybridized carbons (Fsp3) is 0.409. The SMILES string of the molecule is Cc1ccc(N)cc1C(=O)Nc1ccccc1CN(C)C1CCCCC1. The van der Waals surface area contributed by atoms with Crippen molar-refractivity contribution < 1.29 is 4.79 Å². The molecule has 1 aliphatic rings. The van der Waals surface area contributed by atoms with E-state index in [0.717, 1.165) is 23.4 Å². The molecule has 4 nitrogen and oxygen atoms in total. The van der Waals surface area contributed by atoms with Crippen molar-refractivity contribution in [3.8, 4) is 0 Å². The number of anilines is 2. The zero-order chi connectivity index (χ0) is 18.5. The first-order valence-electron chi connectivity index (χ1n) is 9.50. The number of rotatable bonds is 5. The standard InChI is InChI=1S/C22H29N3O/c1-16-12-13-18(23)14-20(16)22(26)24-21-11-7-6-8-17(21)15-25(2)19-9-4-3-5-10-19/h6-8,11-14,19H,3-5,9-10,15,23H2,1-2H3,(H,24,26). The van der Waals surface area contributed by atoms with Gasteiger partial charge in [0.05, 0.1) is 0 Å². The molecule has 0 radical (unpaired) electrons. The predicted molar refractivity (Wildman–Crippen MR) is 108 cm³/mol. The maximum Gasteiger partial charge on any atom is 0.256 e. The van der Waals surface area contributed by atoms with Gasteiger partial charge in [-0.1, -0.05) is 43.5 Å². The van der Waals surface area contributed by atoms with Crippen LogP contribution in [-0.2, 0) is 6.54 Å². The molecule has 0 atom stereocenters. The maximum absolute atomic E-state index is 12.7. The largest absolute Gasteiger partial charge is 0.399 e. The molecule has 26 heavy (non-hydrogen) atoms. The Labute approximate surface area is 156 Å². The third-order valence-corrected chi connectivity index (χ3v) is 5.39.